The maximum atomic E-state index is 12.9. The van der Waals surface area contributed by atoms with Crippen molar-refractivity contribution in [3.8, 4) is 0 Å². The molecule has 4 heteroatoms. The number of rotatable bonds is 2. The van der Waals surface area contributed by atoms with Gasteiger partial charge in [-0.3, -0.25) is 9.69 Å². The maximum Gasteiger partial charge on any atom is 0.253 e. The van der Waals surface area contributed by atoms with Gasteiger partial charge in [-0.1, -0.05) is 25.3 Å². The molecule has 1 aromatic rings. The van der Waals surface area contributed by atoms with Crippen LogP contribution in [0, 0.1) is 0 Å². The van der Waals surface area contributed by atoms with E-state index in [1.54, 1.807) is 0 Å². The molecule has 1 aromatic carbocycles. The van der Waals surface area contributed by atoms with Gasteiger partial charge < -0.3 is 10.2 Å². The van der Waals surface area contributed by atoms with Crippen molar-refractivity contribution in [3.63, 3.8) is 0 Å². The number of hydrogen-bond donors (Lipinski definition) is 1. The largest absolute Gasteiger partial charge is 0.336 e. The van der Waals surface area contributed by atoms with E-state index < -0.39 is 0 Å². The lowest BCUT2D eigenvalue weighted by atomic mass is 9.93. The molecule has 1 saturated carbocycles. The van der Waals surface area contributed by atoms with E-state index in [0.717, 1.165) is 57.3 Å². The van der Waals surface area contributed by atoms with Crippen LogP contribution in [0.5, 0.6) is 0 Å². The van der Waals surface area contributed by atoms with Crippen molar-refractivity contribution < 1.29 is 4.79 Å². The molecule has 0 unspecified atom stereocenters. The number of benzene rings is 1. The van der Waals surface area contributed by atoms with Gasteiger partial charge in [0.05, 0.1) is 0 Å². The van der Waals surface area contributed by atoms with E-state index in [4.69, 9.17) is 0 Å². The average Bonchev–Trinajstić information content (AvgIpc) is 2.68. The fraction of sp³-hybridized carbons (Fsp3) is 0.650. The molecule has 0 atom stereocenters. The van der Waals surface area contributed by atoms with Crippen LogP contribution >= 0.6 is 0 Å². The van der Waals surface area contributed by atoms with E-state index in [9.17, 15) is 4.79 Å². The Morgan fingerprint density at radius 2 is 1.79 bits per heavy atom. The summed E-state index contributed by atoms with van der Waals surface area (Å²) in [4.78, 5) is 17.5. The first-order valence-corrected chi connectivity index (χ1v) is 9.67. The fourth-order valence-electron chi connectivity index (χ4n) is 4.53. The summed E-state index contributed by atoms with van der Waals surface area (Å²) in [5.41, 5.74) is 3.57. The molecule has 4 rings (SSSR count). The second-order valence-corrected chi connectivity index (χ2v) is 7.53. The predicted molar refractivity (Wildman–Crippen MR) is 96.2 cm³/mol. The first-order valence-electron chi connectivity index (χ1n) is 9.67. The van der Waals surface area contributed by atoms with Crippen LogP contribution in [0.25, 0.3) is 0 Å². The lowest BCUT2D eigenvalue weighted by Gasteiger charge is -2.40. The highest BCUT2D eigenvalue weighted by Crippen LogP contribution is 2.24. The zero-order chi connectivity index (χ0) is 16.4. The first kappa shape index (κ1) is 16.1. The van der Waals surface area contributed by atoms with Crippen LogP contribution in [0.1, 0.15) is 53.6 Å². The summed E-state index contributed by atoms with van der Waals surface area (Å²) in [5, 5.41) is 3.39. The van der Waals surface area contributed by atoms with Gasteiger partial charge >= 0.3 is 0 Å². The molecule has 24 heavy (non-hydrogen) atoms. The summed E-state index contributed by atoms with van der Waals surface area (Å²) >= 11 is 0. The van der Waals surface area contributed by atoms with Crippen LogP contribution in [0.4, 0.5) is 0 Å². The van der Waals surface area contributed by atoms with Gasteiger partial charge in [0.1, 0.15) is 0 Å². The summed E-state index contributed by atoms with van der Waals surface area (Å²) < 4.78 is 0. The van der Waals surface area contributed by atoms with Crippen molar-refractivity contribution in [1.82, 2.24) is 15.1 Å². The van der Waals surface area contributed by atoms with Crippen LogP contribution in [-0.2, 0) is 13.0 Å². The van der Waals surface area contributed by atoms with Gasteiger partial charge in [0.25, 0.3) is 5.91 Å². The summed E-state index contributed by atoms with van der Waals surface area (Å²) in [6.07, 6.45) is 7.91. The minimum atomic E-state index is 0.222. The van der Waals surface area contributed by atoms with Gasteiger partial charge in [-0.05, 0) is 49.1 Å². The Kier molecular flexibility index (Phi) is 4.86. The Balaban J connectivity index is 1.37. The van der Waals surface area contributed by atoms with Crippen LogP contribution < -0.4 is 5.32 Å². The molecular formula is C20H29N3O. The number of carbonyl (C=O) groups is 1. The van der Waals surface area contributed by atoms with Crippen LogP contribution in [0.3, 0.4) is 0 Å². The second kappa shape index (κ2) is 7.24. The number of fused-ring (bicyclic) bond motifs is 1. The summed E-state index contributed by atoms with van der Waals surface area (Å²) in [5.74, 6) is 0.222. The minimum Gasteiger partial charge on any atom is -0.336 e. The molecule has 2 aliphatic heterocycles. The van der Waals surface area contributed by atoms with Gasteiger partial charge in [-0.25, -0.2) is 0 Å². The van der Waals surface area contributed by atoms with E-state index in [0.29, 0.717) is 0 Å². The number of amides is 1. The van der Waals surface area contributed by atoms with Crippen LogP contribution in [0.15, 0.2) is 18.2 Å². The first-order chi connectivity index (χ1) is 11.8. The highest BCUT2D eigenvalue weighted by Gasteiger charge is 2.27. The summed E-state index contributed by atoms with van der Waals surface area (Å²) in [7, 11) is 0. The van der Waals surface area contributed by atoms with Gasteiger partial charge in [0, 0.05) is 44.3 Å². The van der Waals surface area contributed by atoms with E-state index in [2.05, 4.69) is 27.2 Å². The standard InChI is InChI=1S/C20H29N3O/c24-20(17-6-7-18-15-21-9-8-16(18)14-17)23-12-10-22(11-13-23)19-4-2-1-3-5-19/h6-7,14,19,21H,1-5,8-13,15H2. The molecule has 0 radical (unpaired) electrons. The highest BCUT2D eigenvalue weighted by atomic mass is 16.2. The van der Waals surface area contributed by atoms with E-state index in [-0.39, 0.29) is 5.91 Å². The summed E-state index contributed by atoms with van der Waals surface area (Å²) in [6.45, 7) is 5.81. The van der Waals surface area contributed by atoms with E-state index >= 15 is 0 Å². The average molecular weight is 327 g/mol. The lowest BCUT2D eigenvalue weighted by molar-refractivity contribution is 0.0523. The molecule has 0 aromatic heterocycles. The van der Waals surface area contributed by atoms with E-state index in [1.807, 2.05) is 6.07 Å². The molecular weight excluding hydrogens is 298 g/mol. The van der Waals surface area contributed by atoms with Gasteiger partial charge in [-0.2, -0.15) is 0 Å². The van der Waals surface area contributed by atoms with Crippen molar-refractivity contribution >= 4 is 5.91 Å². The minimum absolute atomic E-state index is 0.222. The Hall–Kier alpha value is -1.39. The number of carbonyl (C=O) groups excluding carboxylic acids is 1. The number of nitrogens with zero attached hydrogens (tertiary/aromatic N) is 2. The normalized spacial score (nSPS) is 23.1. The van der Waals surface area contributed by atoms with Gasteiger partial charge in [-0.15, -0.1) is 0 Å². The molecule has 1 amide bonds. The molecule has 1 N–H and O–H groups in total. The third-order valence-corrected chi connectivity index (χ3v) is 6.03. The topological polar surface area (TPSA) is 35.6 Å². The predicted octanol–water partition coefficient (Wildman–Crippen LogP) is 2.42. The Morgan fingerprint density at radius 3 is 2.58 bits per heavy atom. The third kappa shape index (κ3) is 3.35. The molecule has 2 heterocycles. The van der Waals surface area contributed by atoms with Gasteiger partial charge in [0.15, 0.2) is 0 Å². The fourth-order valence-corrected chi connectivity index (χ4v) is 4.53. The van der Waals surface area contributed by atoms with Gasteiger partial charge in [0.2, 0.25) is 0 Å². The smallest absolute Gasteiger partial charge is 0.253 e. The number of hydrogen-bond acceptors (Lipinski definition) is 3. The SMILES string of the molecule is O=C(c1ccc2c(c1)CCNC2)N1CCN(C2CCCCC2)CC1. The van der Waals surface area contributed by atoms with Crippen molar-refractivity contribution in [2.45, 2.75) is 51.1 Å². The third-order valence-electron chi connectivity index (χ3n) is 6.03. The zero-order valence-corrected chi connectivity index (χ0v) is 14.6. The van der Waals surface area contributed by atoms with Crippen LogP contribution in [-0.4, -0.2) is 54.5 Å². The summed E-state index contributed by atoms with van der Waals surface area (Å²) in [6, 6.07) is 7.05. The van der Waals surface area contributed by atoms with Crippen molar-refractivity contribution in [2.75, 3.05) is 32.7 Å². The molecule has 0 spiro atoms. The monoisotopic (exact) mass is 327 g/mol. The Labute approximate surface area is 145 Å². The zero-order valence-electron chi connectivity index (χ0n) is 14.6. The molecule has 1 saturated heterocycles. The van der Waals surface area contributed by atoms with Crippen molar-refractivity contribution in [3.05, 3.63) is 34.9 Å². The Bertz CT molecular complexity index is 587. The maximum absolute atomic E-state index is 12.9. The molecule has 1 aliphatic carbocycles. The van der Waals surface area contributed by atoms with Crippen molar-refractivity contribution in [1.29, 1.82) is 0 Å². The highest BCUT2D eigenvalue weighted by molar-refractivity contribution is 5.94. The molecule has 0 bridgehead atoms. The second-order valence-electron chi connectivity index (χ2n) is 7.53. The number of nitrogens with one attached hydrogen (secondary N) is 1. The number of piperazine rings is 1. The van der Waals surface area contributed by atoms with Crippen LogP contribution in [0.2, 0.25) is 0 Å². The van der Waals surface area contributed by atoms with Crippen molar-refractivity contribution in [2.24, 2.45) is 0 Å². The molecule has 130 valence electrons. The van der Waals surface area contributed by atoms with E-state index in [1.165, 1.54) is 43.2 Å². The molecule has 3 aliphatic rings. The molecule has 2 fully saturated rings. The quantitative estimate of drug-likeness (QED) is 0.906. The molecule has 4 nitrogen and oxygen atoms in total. The lowest BCUT2D eigenvalue weighted by Crippen LogP contribution is -2.52. The Morgan fingerprint density at radius 1 is 1.00 bits per heavy atom.